The third kappa shape index (κ3) is 3.93. The lowest BCUT2D eigenvalue weighted by molar-refractivity contribution is 0.102. The van der Waals surface area contributed by atoms with E-state index in [1.165, 1.54) is 0 Å². The number of carbonyl (C=O) groups excluding carboxylic acids is 1. The van der Waals surface area contributed by atoms with Crippen molar-refractivity contribution in [1.29, 1.82) is 0 Å². The Morgan fingerprint density at radius 2 is 1.90 bits per heavy atom. The summed E-state index contributed by atoms with van der Waals surface area (Å²) >= 11 is 0. The van der Waals surface area contributed by atoms with Gasteiger partial charge in [-0.15, -0.1) is 0 Å². The van der Waals surface area contributed by atoms with Crippen LogP contribution in [0.3, 0.4) is 0 Å². The molecule has 0 saturated heterocycles. The van der Waals surface area contributed by atoms with E-state index in [9.17, 15) is 4.79 Å². The van der Waals surface area contributed by atoms with Gasteiger partial charge in [0.25, 0.3) is 5.91 Å². The number of hydrogen-bond donors (Lipinski definition) is 2. The first-order chi connectivity index (χ1) is 9.69. The molecule has 0 aliphatic heterocycles. The first-order valence-corrected chi connectivity index (χ1v) is 6.86. The maximum atomic E-state index is 12.2. The van der Waals surface area contributed by atoms with Gasteiger partial charge in [-0.3, -0.25) is 4.79 Å². The number of carbonyl (C=O) groups is 1. The van der Waals surface area contributed by atoms with Gasteiger partial charge in [0.05, 0.1) is 0 Å². The van der Waals surface area contributed by atoms with Crippen LogP contribution in [0.5, 0.6) is 0 Å². The van der Waals surface area contributed by atoms with E-state index in [-0.39, 0.29) is 5.91 Å². The Balaban J connectivity index is 2.07. The van der Waals surface area contributed by atoms with Gasteiger partial charge in [-0.05, 0) is 43.3 Å². The van der Waals surface area contributed by atoms with Crippen molar-refractivity contribution in [1.82, 2.24) is 5.32 Å². The number of aryl methyl sites for hydroxylation is 1. The van der Waals surface area contributed by atoms with Crippen LogP contribution in [0.15, 0.2) is 48.5 Å². The van der Waals surface area contributed by atoms with Crippen LogP contribution < -0.4 is 10.6 Å². The summed E-state index contributed by atoms with van der Waals surface area (Å²) in [5.74, 6) is -0.0747. The molecule has 0 aromatic heterocycles. The summed E-state index contributed by atoms with van der Waals surface area (Å²) in [7, 11) is 0. The molecule has 2 aromatic carbocycles. The van der Waals surface area contributed by atoms with Gasteiger partial charge in [0.2, 0.25) is 0 Å². The largest absolute Gasteiger partial charge is 0.322 e. The van der Waals surface area contributed by atoms with Gasteiger partial charge in [-0.1, -0.05) is 36.8 Å². The standard InChI is InChI=1S/C17H20N2O/c1-3-18-12-14-7-5-9-16(11-14)19-17(20)15-8-4-6-13(2)10-15/h4-11,18H,3,12H2,1-2H3,(H,19,20). The molecule has 104 valence electrons. The minimum absolute atomic E-state index is 0.0747. The Morgan fingerprint density at radius 3 is 2.65 bits per heavy atom. The smallest absolute Gasteiger partial charge is 0.255 e. The van der Waals surface area contributed by atoms with Crippen LogP contribution in [0.4, 0.5) is 5.69 Å². The van der Waals surface area contributed by atoms with Crippen LogP contribution in [0.2, 0.25) is 0 Å². The zero-order valence-corrected chi connectivity index (χ0v) is 11.9. The van der Waals surface area contributed by atoms with Crippen molar-refractivity contribution in [3.63, 3.8) is 0 Å². The normalized spacial score (nSPS) is 10.3. The zero-order chi connectivity index (χ0) is 14.4. The monoisotopic (exact) mass is 268 g/mol. The summed E-state index contributed by atoms with van der Waals surface area (Å²) in [6.07, 6.45) is 0. The molecular formula is C17H20N2O. The Hall–Kier alpha value is -2.13. The molecule has 0 radical (unpaired) electrons. The molecular weight excluding hydrogens is 248 g/mol. The average Bonchev–Trinajstić information content (AvgIpc) is 2.45. The molecule has 2 N–H and O–H groups in total. The summed E-state index contributed by atoms with van der Waals surface area (Å²) in [6, 6.07) is 15.5. The number of nitrogens with one attached hydrogen (secondary N) is 2. The SMILES string of the molecule is CCNCc1cccc(NC(=O)c2cccc(C)c2)c1. The molecule has 0 unspecified atom stereocenters. The maximum absolute atomic E-state index is 12.2. The molecule has 3 heteroatoms. The third-order valence-corrected chi connectivity index (χ3v) is 3.04. The summed E-state index contributed by atoms with van der Waals surface area (Å²) < 4.78 is 0. The average molecular weight is 268 g/mol. The van der Waals surface area contributed by atoms with Gasteiger partial charge in [-0.2, -0.15) is 0 Å². The zero-order valence-electron chi connectivity index (χ0n) is 11.9. The van der Waals surface area contributed by atoms with Crippen molar-refractivity contribution >= 4 is 11.6 Å². The van der Waals surface area contributed by atoms with Crippen LogP contribution in [0.1, 0.15) is 28.4 Å². The molecule has 0 saturated carbocycles. The van der Waals surface area contributed by atoms with E-state index in [0.717, 1.165) is 29.9 Å². The molecule has 0 heterocycles. The number of anilines is 1. The van der Waals surface area contributed by atoms with E-state index in [1.54, 1.807) is 0 Å². The molecule has 0 spiro atoms. The molecule has 3 nitrogen and oxygen atoms in total. The molecule has 2 aromatic rings. The number of benzene rings is 2. The van der Waals surface area contributed by atoms with Gasteiger partial charge < -0.3 is 10.6 Å². The predicted molar refractivity (Wildman–Crippen MR) is 83.0 cm³/mol. The second kappa shape index (κ2) is 6.87. The highest BCUT2D eigenvalue weighted by Gasteiger charge is 2.06. The molecule has 20 heavy (non-hydrogen) atoms. The molecule has 0 atom stereocenters. The quantitative estimate of drug-likeness (QED) is 0.873. The Kier molecular flexibility index (Phi) is 4.91. The van der Waals surface area contributed by atoms with E-state index in [2.05, 4.69) is 17.6 Å². The Bertz CT molecular complexity index is 593. The van der Waals surface area contributed by atoms with Gasteiger partial charge in [-0.25, -0.2) is 0 Å². The van der Waals surface area contributed by atoms with Crippen LogP contribution >= 0.6 is 0 Å². The van der Waals surface area contributed by atoms with Crippen molar-refractivity contribution in [2.24, 2.45) is 0 Å². The highest BCUT2D eigenvalue weighted by Crippen LogP contribution is 2.13. The van der Waals surface area contributed by atoms with Crippen molar-refractivity contribution < 1.29 is 4.79 Å². The lowest BCUT2D eigenvalue weighted by atomic mass is 10.1. The topological polar surface area (TPSA) is 41.1 Å². The van der Waals surface area contributed by atoms with Crippen molar-refractivity contribution in [3.05, 3.63) is 65.2 Å². The van der Waals surface area contributed by atoms with Gasteiger partial charge >= 0.3 is 0 Å². The second-order valence-electron chi connectivity index (χ2n) is 4.80. The summed E-state index contributed by atoms with van der Waals surface area (Å²) in [5, 5.41) is 6.21. The molecule has 0 aliphatic rings. The highest BCUT2D eigenvalue weighted by atomic mass is 16.1. The molecule has 0 aliphatic carbocycles. The predicted octanol–water partition coefficient (Wildman–Crippen LogP) is 3.36. The van der Waals surface area contributed by atoms with Crippen LogP contribution in [-0.4, -0.2) is 12.5 Å². The van der Waals surface area contributed by atoms with E-state index >= 15 is 0 Å². The van der Waals surface area contributed by atoms with Crippen molar-refractivity contribution in [2.75, 3.05) is 11.9 Å². The van der Waals surface area contributed by atoms with Crippen LogP contribution in [0.25, 0.3) is 0 Å². The number of hydrogen-bond acceptors (Lipinski definition) is 2. The summed E-state index contributed by atoms with van der Waals surface area (Å²) in [6.45, 7) is 5.79. The lowest BCUT2D eigenvalue weighted by Gasteiger charge is -2.08. The van der Waals surface area contributed by atoms with Crippen LogP contribution in [0, 0.1) is 6.92 Å². The summed E-state index contributed by atoms with van der Waals surface area (Å²) in [5.41, 5.74) is 3.75. The van der Waals surface area contributed by atoms with Crippen molar-refractivity contribution in [2.45, 2.75) is 20.4 Å². The highest BCUT2D eigenvalue weighted by molar-refractivity contribution is 6.04. The molecule has 0 fully saturated rings. The fourth-order valence-corrected chi connectivity index (χ4v) is 2.02. The number of rotatable bonds is 5. The maximum Gasteiger partial charge on any atom is 0.255 e. The second-order valence-corrected chi connectivity index (χ2v) is 4.80. The van der Waals surface area contributed by atoms with Gasteiger partial charge in [0, 0.05) is 17.8 Å². The minimum Gasteiger partial charge on any atom is -0.322 e. The Morgan fingerprint density at radius 1 is 1.10 bits per heavy atom. The van der Waals surface area contributed by atoms with E-state index in [0.29, 0.717) is 5.56 Å². The lowest BCUT2D eigenvalue weighted by Crippen LogP contribution is -2.14. The fourth-order valence-electron chi connectivity index (χ4n) is 2.02. The van der Waals surface area contributed by atoms with Crippen molar-refractivity contribution in [3.8, 4) is 0 Å². The van der Waals surface area contributed by atoms with E-state index in [1.807, 2.05) is 55.5 Å². The van der Waals surface area contributed by atoms with Gasteiger partial charge in [0.15, 0.2) is 0 Å². The molecule has 0 bridgehead atoms. The molecule has 2 rings (SSSR count). The first kappa shape index (κ1) is 14.3. The van der Waals surface area contributed by atoms with Crippen LogP contribution in [-0.2, 0) is 6.54 Å². The number of amides is 1. The van der Waals surface area contributed by atoms with E-state index < -0.39 is 0 Å². The van der Waals surface area contributed by atoms with Gasteiger partial charge in [0.1, 0.15) is 0 Å². The first-order valence-electron chi connectivity index (χ1n) is 6.86. The minimum atomic E-state index is -0.0747. The summed E-state index contributed by atoms with van der Waals surface area (Å²) in [4.78, 5) is 12.2. The Labute approximate surface area is 120 Å². The third-order valence-electron chi connectivity index (χ3n) is 3.04. The van der Waals surface area contributed by atoms with E-state index in [4.69, 9.17) is 0 Å². The fraction of sp³-hybridized carbons (Fsp3) is 0.235. The molecule has 1 amide bonds.